The first kappa shape index (κ1) is 12.7. The Kier molecular flexibility index (Phi) is 3.74. The summed E-state index contributed by atoms with van der Waals surface area (Å²) in [6, 6.07) is 7.68. The van der Waals surface area contributed by atoms with Crippen molar-refractivity contribution in [3.63, 3.8) is 0 Å². The lowest BCUT2D eigenvalue weighted by atomic mass is 10.3. The molecule has 0 saturated carbocycles. The highest BCUT2D eigenvalue weighted by Crippen LogP contribution is 2.27. The number of nitrogens with two attached hydrogens (primary N) is 1. The van der Waals surface area contributed by atoms with E-state index in [1.807, 2.05) is 0 Å². The Balaban J connectivity index is 2.24. The molecule has 1 heterocycles. The highest BCUT2D eigenvalue weighted by Gasteiger charge is 2.09. The van der Waals surface area contributed by atoms with Crippen molar-refractivity contribution >= 4 is 28.8 Å². The molecule has 0 fully saturated rings. The molecule has 0 atom stereocenters. The summed E-state index contributed by atoms with van der Waals surface area (Å²) in [5.41, 5.74) is 6.05. The fourth-order valence-electron chi connectivity index (χ4n) is 1.26. The van der Waals surface area contributed by atoms with E-state index in [1.165, 1.54) is 18.3 Å². The predicted molar refractivity (Wildman–Crippen MR) is 71.6 cm³/mol. The predicted octanol–water partition coefficient (Wildman–Crippen LogP) is 3.30. The Hall–Kier alpha value is -1.72. The van der Waals surface area contributed by atoms with Crippen LogP contribution in [-0.2, 0) is 0 Å². The van der Waals surface area contributed by atoms with E-state index in [1.54, 1.807) is 18.2 Å². The van der Waals surface area contributed by atoms with Crippen LogP contribution in [0.25, 0.3) is 0 Å². The normalized spacial score (nSPS) is 10.1. The highest BCUT2D eigenvalue weighted by molar-refractivity contribution is 7.80. The highest BCUT2D eigenvalue weighted by atomic mass is 35.5. The monoisotopic (exact) mass is 282 g/mol. The largest absolute Gasteiger partial charge is 0.436 e. The summed E-state index contributed by atoms with van der Waals surface area (Å²) >= 11 is 10.4. The second-order valence-electron chi connectivity index (χ2n) is 3.40. The topological polar surface area (TPSA) is 48.1 Å². The molecule has 92 valence electrons. The minimum Gasteiger partial charge on any atom is -0.436 e. The smallest absolute Gasteiger partial charge is 0.219 e. The molecule has 1 aromatic heterocycles. The molecule has 0 bridgehead atoms. The number of halogens is 2. The molecule has 0 spiro atoms. The molecule has 0 saturated heterocycles. The molecule has 0 aliphatic rings. The third kappa shape index (κ3) is 2.75. The van der Waals surface area contributed by atoms with Gasteiger partial charge in [-0.2, -0.15) is 0 Å². The van der Waals surface area contributed by atoms with Crippen molar-refractivity contribution in [2.24, 2.45) is 5.73 Å². The minimum absolute atomic E-state index is 0.00717. The third-order valence-electron chi connectivity index (χ3n) is 2.15. The maximum atomic E-state index is 13.6. The van der Waals surface area contributed by atoms with Crippen LogP contribution in [0.1, 0.15) is 5.56 Å². The van der Waals surface area contributed by atoms with Crippen molar-refractivity contribution in [1.29, 1.82) is 0 Å². The average molecular weight is 283 g/mol. The van der Waals surface area contributed by atoms with Gasteiger partial charge in [0.1, 0.15) is 4.99 Å². The summed E-state index contributed by atoms with van der Waals surface area (Å²) in [5, 5.41) is -0.00717. The van der Waals surface area contributed by atoms with Gasteiger partial charge in [-0.3, -0.25) is 0 Å². The third-order valence-corrected chi connectivity index (χ3v) is 2.68. The lowest BCUT2D eigenvalue weighted by molar-refractivity contribution is 0.427. The van der Waals surface area contributed by atoms with Crippen molar-refractivity contribution in [3.8, 4) is 11.6 Å². The molecule has 3 nitrogen and oxygen atoms in total. The number of ether oxygens (including phenoxy) is 1. The van der Waals surface area contributed by atoms with Crippen LogP contribution in [0.15, 0.2) is 36.5 Å². The Morgan fingerprint density at radius 1 is 1.33 bits per heavy atom. The fraction of sp³-hybridized carbons (Fsp3) is 0. The molecule has 0 aliphatic heterocycles. The van der Waals surface area contributed by atoms with Gasteiger partial charge in [0, 0.05) is 17.8 Å². The lowest BCUT2D eigenvalue weighted by Gasteiger charge is -2.06. The zero-order valence-corrected chi connectivity index (χ0v) is 10.6. The van der Waals surface area contributed by atoms with Crippen molar-refractivity contribution < 1.29 is 9.13 Å². The zero-order chi connectivity index (χ0) is 13.1. The van der Waals surface area contributed by atoms with E-state index in [2.05, 4.69) is 4.98 Å². The Bertz CT molecular complexity index is 589. The first-order chi connectivity index (χ1) is 8.58. The molecule has 0 aliphatic carbocycles. The number of nitrogens with zero attached hydrogens (tertiary/aromatic N) is 1. The number of hydrogen-bond donors (Lipinski definition) is 1. The van der Waals surface area contributed by atoms with E-state index in [-0.39, 0.29) is 21.6 Å². The molecule has 6 heteroatoms. The molecular weight excluding hydrogens is 275 g/mol. The molecule has 2 aromatic rings. The van der Waals surface area contributed by atoms with E-state index in [4.69, 9.17) is 34.3 Å². The Morgan fingerprint density at radius 3 is 2.72 bits per heavy atom. The van der Waals surface area contributed by atoms with E-state index >= 15 is 0 Å². The Morgan fingerprint density at radius 2 is 2.11 bits per heavy atom. The molecule has 2 rings (SSSR count). The summed E-state index contributed by atoms with van der Waals surface area (Å²) in [6.07, 6.45) is 1.46. The summed E-state index contributed by atoms with van der Waals surface area (Å²) in [7, 11) is 0. The van der Waals surface area contributed by atoms with Crippen LogP contribution in [0.4, 0.5) is 4.39 Å². The summed E-state index contributed by atoms with van der Waals surface area (Å²) in [4.78, 5) is 4.21. The van der Waals surface area contributed by atoms with E-state index in [0.717, 1.165) is 0 Å². The quantitative estimate of drug-likeness (QED) is 0.878. The first-order valence-corrected chi connectivity index (χ1v) is 5.74. The molecule has 2 N–H and O–H groups in total. The second-order valence-corrected chi connectivity index (χ2v) is 4.25. The van der Waals surface area contributed by atoms with Gasteiger partial charge in [0.2, 0.25) is 5.88 Å². The first-order valence-electron chi connectivity index (χ1n) is 4.95. The van der Waals surface area contributed by atoms with Gasteiger partial charge >= 0.3 is 0 Å². The molecule has 1 aromatic carbocycles. The zero-order valence-electron chi connectivity index (χ0n) is 9.06. The maximum Gasteiger partial charge on any atom is 0.219 e. The van der Waals surface area contributed by atoms with E-state index < -0.39 is 5.82 Å². The van der Waals surface area contributed by atoms with Gasteiger partial charge in [-0.15, -0.1) is 0 Å². The van der Waals surface area contributed by atoms with Gasteiger partial charge in [-0.1, -0.05) is 29.9 Å². The standard InChI is InChI=1S/C12H8ClFN2OS/c13-8-2-1-3-9(11(8)14)17-10-5-4-7(6-16-10)12(15)18/h1-6H,(H2,15,18). The van der Waals surface area contributed by atoms with Crippen molar-refractivity contribution in [2.45, 2.75) is 0 Å². The Labute approximate surface area is 113 Å². The fourth-order valence-corrected chi connectivity index (χ4v) is 1.55. The van der Waals surface area contributed by atoms with Crippen molar-refractivity contribution in [3.05, 3.63) is 52.9 Å². The van der Waals surface area contributed by atoms with E-state index in [0.29, 0.717) is 5.56 Å². The lowest BCUT2D eigenvalue weighted by Crippen LogP contribution is -2.09. The van der Waals surface area contributed by atoms with Crippen LogP contribution in [0.2, 0.25) is 5.02 Å². The van der Waals surface area contributed by atoms with Crippen LogP contribution in [0.5, 0.6) is 11.6 Å². The molecule has 0 unspecified atom stereocenters. The SMILES string of the molecule is NC(=S)c1ccc(Oc2cccc(Cl)c2F)nc1. The molecule has 18 heavy (non-hydrogen) atoms. The molecule has 0 radical (unpaired) electrons. The molecular formula is C12H8ClFN2OS. The van der Waals surface area contributed by atoms with Crippen molar-refractivity contribution in [2.75, 3.05) is 0 Å². The van der Waals surface area contributed by atoms with Crippen LogP contribution in [-0.4, -0.2) is 9.97 Å². The second kappa shape index (κ2) is 5.29. The minimum atomic E-state index is -0.626. The summed E-state index contributed by atoms with van der Waals surface area (Å²) < 4.78 is 18.8. The summed E-state index contributed by atoms with van der Waals surface area (Å²) in [5.74, 6) is -0.381. The van der Waals surface area contributed by atoms with Gasteiger partial charge in [0.05, 0.1) is 5.02 Å². The molecule has 0 amide bonds. The number of pyridine rings is 1. The van der Waals surface area contributed by atoms with E-state index in [9.17, 15) is 4.39 Å². The van der Waals surface area contributed by atoms with Gasteiger partial charge < -0.3 is 10.5 Å². The van der Waals surface area contributed by atoms with Gasteiger partial charge in [0.25, 0.3) is 0 Å². The number of hydrogen-bond acceptors (Lipinski definition) is 3. The number of aromatic nitrogens is 1. The van der Waals surface area contributed by atoms with Crippen LogP contribution in [0.3, 0.4) is 0 Å². The average Bonchev–Trinajstić information content (AvgIpc) is 2.36. The van der Waals surface area contributed by atoms with Crippen LogP contribution < -0.4 is 10.5 Å². The van der Waals surface area contributed by atoms with Gasteiger partial charge in [-0.05, 0) is 18.2 Å². The van der Waals surface area contributed by atoms with Crippen molar-refractivity contribution in [1.82, 2.24) is 4.98 Å². The van der Waals surface area contributed by atoms with Gasteiger partial charge in [0.15, 0.2) is 11.6 Å². The number of benzene rings is 1. The van der Waals surface area contributed by atoms with Crippen LogP contribution in [0, 0.1) is 5.82 Å². The maximum absolute atomic E-state index is 13.6. The van der Waals surface area contributed by atoms with Gasteiger partial charge in [-0.25, -0.2) is 9.37 Å². The summed E-state index contributed by atoms with van der Waals surface area (Å²) in [6.45, 7) is 0. The number of rotatable bonds is 3. The van der Waals surface area contributed by atoms with Crippen LogP contribution >= 0.6 is 23.8 Å². The number of thiocarbonyl (C=S) groups is 1.